The topological polar surface area (TPSA) is 43.4 Å². The summed E-state index contributed by atoms with van der Waals surface area (Å²) in [4.78, 5) is 24.3. The number of alkyl halides is 2. The Hall–Kier alpha value is -1.78. The van der Waals surface area contributed by atoms with Gasteiger partial charge in [0.25, 0.3) is 6.43 Å². The molecule has 0 aliphatic heterocycles. The Morgan fingerprint density at radius 1 is 1.35 bits per heavy atom. The van der Waals surface area contributed by atoms with Crippen molar-refractivity contribution >= 4 is 11.8 Å². The number of rotatable bonds is 4. The van der Waals surface area contributed by atoms with Gasteiger partial charge in [0.15, 0.2) is 11.2 Å². The molecular weight excluding hydrogens is 266 g/mol. The van der Waals surface area contributed by atoms with E-state index in [0.717, 1.165) is 0 Å². The van der Waals surface area contributed by atoms with Gasteiger partial charge in [-0.2, -0.15) is 0 Å². The number of esters is 1. The lowest BCUT2D eigenvalue weighted by molar-refractivity contribution is -0.161. The molecular formula is C15H16F2O3. The molecule has 0 N–H and O–H groups in total. The van der Waals surface area contributed by atoms with E-state index in [0.29, 0.717) is 5.56 Å². The maximum absolute atomic E-state index is 13.5. The van der Waals surface area contributed by atoms with Gasteiger partial charge < -0.3 is 4.74 Å². The number of carbonyl (C=O) groups excluding carboxylic acids is 2. The third-order valence-electron chi connectivity index (χ3n) is 3.42. The van der Waals surface area contributed by atoms with Crippen LogP contribution in [0.2, 0.25) is 0 Å². The van der Waals surface area contributed by atoms with Crippen LogP contribution in [0.15, 0.2) is 24.3 Å². The Bertz CT molecular complexity index is 540. The summed E-state index contributed by atoms with van der Waals surface area (Å²) in [6, 6.07) is 6.31. The van der Waals surface area contributed by atoms with Gasteiger partial charge in [-0.3, -0.25) is 9.59 Å². The van der Waals surface area contributed by atoms with E-state index in [1.807, 2.05) is 0 Å². The summed E-state index contributed by atoms with van der Waals surface area (Å²) in [5.41, 5.74) is -1.72. The lowest BCUT2D eigenvalue weighted by atomic mass is 9.84. The summed E-state index contributed by atoms with van der Waals surface area (Å²) in [7, 11) is 0. The molecule has 0 heterocycles. The zero-order chi connectivity index (χ0) is 14.9. The van der Waals surface area contributed by atoms with Crippen LogP contribution >= 0.6 is 0 Å². The van der Waals surface area contributed by atoms with Crippen LogP contribution in [-0.2, 0) is 16.0 Å². The van der Waals surface area contributed by atoms with E-state index in [-0.39, 0.29) is 24.5 Å². The summed E-state index contributed by atoms with van der Waals surface area (Å²) in [6.45, 7) is 3.62. The third kappa shape index (κ3) is 2.21. The average molecular weight is 282 g/mol. The number of Topliss-reactive ketones (excluding diaryl/α,β-unsaturated/α-hetero) is 1. The molecule has 0 amide bonds. The number of hydrogen-bond acceptors (Lipinski definition) is 3. The second kappa shape index (κ2) is 5.31. The first-order chi connectivity index (χ1) is 9.39. The van der Waals surface area contributed by atoms with Gasteiger partial charge in [-0.05, 0) is 11.5 Å². The molecule has 1 aromatic carbocycles. The molecule has 0 aromatic heterocycles. The molecule has 20 heavy (non-hydrogen) atoms. The molecule has 0 spiro atoms. The first-order valence-corrected chi connectivity index (χ1v) is 6.47. The van der Waals surface area contributed by atoms with Crippen molar-refractivity contribution in [2.45, 2.75) is 26.7 Å². The number of benzene rings is 1. The van der Waals surface area contributed by atoms with E-state index >= 15 is 0 Å². The number of halogens is 2. The number of carbonyl (C=O) groups is 2. The molecule has 0 fully saturated rings. The second-order valence-electron chi connectivity index (χ2n) is 5.43. The summed E-state index contributed by atoms with van der Waals surface area (Å²) in [5.74, 6) is -1.94. The molecule has 1 atom stereocenters. The third-order valence-corrected chi connectivity index (χ3v) is 3.42. The fourth-order valence-electron chi connectivity index (χ4n) is 2.32. The average Bonchev–Trinajstić information content (AvgIpc) is 2.71. The standard InChI is InChI=1S/C15H16F2O3/c1-9(2)8-20-14(19)15(13(16)17)7-10-5-3-4-6-11(10)12(15)18/h3-6,9,13H,7-8H2,1-2H3. The Morgan fingerprint density at radius 3 is 2.55 bits per heavy atom. The van der Waals surface area contributed by atoms with Crippen LogP contribution in [0.1, 0.15) is 29.8 Å². The molecule has 5 heteroatoms. The summed E-state index contributed by atoms with van der Waals surface area (Å²) in [5, 5.41) is 0. The van der Waals surface area contributed by atoms with Crippen LogP contribution < -0.4 is 0 Å². The highest BCUT2D eigenvalue weighted by atomic mass is 19.3. The van der Waals surface area contributed by atoms with Crippen LogP contribution in [0.3, 0.4) is 0 Å². The number of ketones is 1. The van der Waals surface area contributed by atoms with Gasteiger partial charge in [0.1, 0.15) is 0 Å². The number of fused-ring (bicyclic) bond motifs is 1. The van der Waals surface area contributed by atoms with Gasteiger partial charge >= 0.3 is 5.97 Å². The molecule has 3 nitrogen and oxygen atoms in total. The second-order valence-corrected chi connectivity index (χ2v) is 5.43. The SMILES string of the molecule is CC(C)COC(=O)C1(C(F)F)Cc2ccccc2C1=O. The maximum atomic E-state index is 13.5. The first-order valence-electron chi connectivity index (χ1n) is 6.47. The van der Waals surface area contributed by atoms with E-state index in [9.17, 15) is 18.4 Å². The normalized spacial score (nSPS) is 21.4. The minimum atomic E-state index is -3.08. The Kier molecular flexibility index (Phi) is 3.88. The molecule has 2 rings (SSSR count). The molecule has 0 saturated heterocycles. The number of ether oxygens (including phenoxy) is 1. The summed E-state index contributed by atoms with van der Waals surface area (Å²) in [6.07, 6.45) is -3.38. The Morgan fingerprint density at radius 2 is 2.00 bits per heavy atom. The van der Waals surface area contributed by atoms with E-state index in [1.165, 1.54) is 6.07 Å². The van der Waals surface area contributed by atoms with Crippen molar-refractivity contribution in [3.05, 3.63) is 35.4 Å². The van der Waals surface area contributed by atoms with Crippen molar-refractivity contribution in [3.63, 3.8) is 0 Å². The van der Waals surface area contributed by atoms with E-state index in [4.69, 9.17) is 4.74 Å². The minimum absolute atomic E-state index is 0.0209. The molecule has 108 valence electrons. The largest absolute Gasteiger partial charge is 0.464 e. The van der Waals surface area contributed by atoms with Gasteiger partial charge in [0.05, 0.1) is 6.61 Å². The van der Waals surface area contributed by atoms with E-state index in [2.05, 4.69) is 0 Å². The van der Waals surface area contributed by atoms with Crippen molar-refractivity contribution in [1.82, 2.24) is 0 Å². The van der Waals surface area contributed by atoms with Gasteiger partial charge in [-0.1, -0.05) is 38.1 Å². The molecule has 0 radical (unpaired) electrons. The van der Waals surface area contributed by atoms with Crippen LogP contribution in [0.4, 0.5) is 8.78 Å². The van der Waals surface area contributed by atoms with Crippen LogP contribution in [0.25, 0.3) is 0 Å². The van der Waals surface area contributed by atoms with E-state index < -0.39 is 23.6 Å². The summed E-state index contributed by atoms with van der Waals surface area (Å²) < 4.78 is 31.8. The zero-order valence-electron chi connectivity index (χ0n) is 11.4. The maximum Gasteiger partial charge on any atom is 0.326 e. The smallest absolute Gasteiger partial charge is 0.326 e. The Balaban J connectivity index is 2.34. The van der Waals surface area contributed by atoms with Crippen molar-refractivity contribution in [2.24, 2.45) is 11.3 Å². The highest BCUT2D eigenvalue weighted by Gasteiger charge is 2.59. The van der Waals surface area contributed by atoms with Crippen LogP contribution in [0, 0.1) is 11.3 Å². The monoisotopic (exact) mass is 282 g/mol. The quantitative estimate of drug-likeness (QED) is 0.630. The lowest BCUT2D eigenvalue weighted by Crippen LogP contribution is -2.45. The minimum Gasteiger partial charge on any atom is -0.464 e. The van der Waals surface area contributed by atoms with Crippen molar-refractivity contribution in [2.75, 3.05) is 6.61 Å². The molecule has 0 bridgehead atoms. The van der Waals surface area contributed by atoms with Crippen molar-refractivity contribution in [1.29, 1.82) is 0 Å². The fraction of sp³-hybridized carbons (Fsp3) is 0.467. The van der Waals surface area contributed by atoms with Gasteiger partial charge in [-0.25, -0.2) is 8.78 Å². The highest BCUT2D eigenvalue weighted by Crippen LogP contribution is 2.42. The predicted molar refractivity (Wildman–Crippen MR) is 68.7 cm³/mol. The Labute approximate surface area is 115 Å². The van der Waals surface area contributed by atoms with E-state index in [1.54, 1.807) is 32.0 Å². The molecule has 1 aliphatic carbocycles. The first kappa shape index (κ1) is 14.6. The van der Waals surface area contributed by atoms with Crippen LogP contribution in [-0.4, -0.2) is 24.8 Å². The van der Waals surface area contributed by atoms with Gasteiger partial charge in [0, 0.05) is 12.0 Å². The van der Waals surface area contributed by atoms with Crippen LogP contribution in [0.5, 0.6) is 0 Å². The summed E-state index contributed by atoms with van der Waals surface area (Å²) >= 11 is 0. The predicted octanol–water partition coefficient (Wildman–Crippen LogP) is 2.88. The van der Waals surface area contributed by atoms with Gasteiger partial charge in [-0.15, -0.1) is 0 Å². The number of hydrogen-bond donors (Lipinski definition) is 0. The molecule has 0 saturated carbocycles. The lowest BCUT2D eigenvalue weighted by Gasteiger charge is -2.24. The highest BCUT2D eigenvalue weighted by molar-refractivity contribution is 6.16. The fourth-order valence-corrected chi connectivity index (χ4v) is 2.32. The zero-order valence-corrected chi connectivity index (χ0v) is 11.4. The van der Waals surface area contributed by atoms with Crippen molar-refractivity contribution < 1.29 is 23.1 Å². The molecule has 1 unspecified atom stereocenters. The van der Waals surface area contributed by atoms with Crippen molar-refractivity contribution in [3.8, 4) is 0 Å². The molecule has 1 aliphatic rings. The van der Waals surface area contributed by atoms with Gasteiger partial charge in [0.2, 0.25) is 0 Å². The molecule has 1 aromatic rings.